The second-order valence-electron chi connectivity index (χ2n) is 5.15. The fourth-order valence-corrected chi connectivity index (χ4v) is 2.29. The van der Waals surface area contributed by atoms with E-state index < -0.39 is 0 Å². The van der Waals surface area contributed by atoms with Crippen molar-refractivity contribution in [3.05, 3.63) is 42.1 Å². The summed E-state index contributed by atoms with van der Waals surface area (Å²) in [5.74, 6) is 0.0759. The van der Waals surface area contributed by atoms with E-state index in [2.05, 4.69) is 24.2 Å². The van der Waals surface area contributed by atoms with Crippen molar-refractivity contribution in [1.29, 1.82) is 0 Å². The highest BCUT2D eigenvalue weighted by molar-refractivity contribution is 5.79. The normalized spacial score (nSPS) is 12.2. The molecule has 1 heterocycles. The maximum atomic E-state index is 12.2. The van der Waals surface area contributed by atoms with E-state index in [-0.39, 0.29) is 11.9 Å². The van der Waals surface area contributed by atoms with Crippen molar-refractivity contribution in [2.75, 3.05) is 14.1 Å². The van der Waals surface area contributed by atoms with Gasteiger partial charge in [-0.25, -0.2) is 0 Å². The van der Waals surface area contributed by atoms with Crippen LogP contribution >= 0.6 is 0 Å². The van der Waals surface area contributed by atoms with Gasteiger partial charge in [0.15, 0.2) is 0 Å². The second kappa shape index (κ2) is 5.90. The fourth-order valence-electron chi connectivity index (χ4n) is 2.29. The van der Waals surface area contributed by atoms with Gasteiger partial charge in [-0.05, 0) is 25.0 Å². The van der Waals surface area contributed by atoms with Crippen LogP contribution in [0.2, 0.25) is 0 Å². The van der Waals surface area contributed by atoms with Crippen LogP contribution in [0.25, 0.3) is 11.3 Å². The first kappa shape index (κ1) is 14.3. The number of hydrogen-bond donors (Lipinski definition) is 0. The zero-order valence-corrected chi connectivity index (χ0v) is 12.5. The van der Waals surface area contributed by atoms with Gasteiger partial charge in [0, 0.05) is 25.9 Å². The van der Waals surface area contributed by atoms with Crippen LogP contribution in [-0.2, 0) is 4.79 Å². The molecule has 0 aliphatic carbocycles. The Hall–Kier alpha value is -2.10. The number of carbonyl (C=O) groups excluding carboxylic acids is 1. The van der Waals surface area contributed by atoms with Crippen LogP contribution in [0, 0.1) is 6.92 Å². The molecule has 0 saturated heterocycles. The Morgan fingerprint density at radius 3 is 2.60 bits per heavy atom. The highest BCUT2D eigenvalue weighted by Crippen LogP contribution is 2.23. The Balaban J connectivity index is 2.33. The van der Waals surface area contributed by atoms with E-state index in [1.807, 2.05) is 31.3 Å². The third kappa shape index (κ3) is 2.74. The maximum Gasteiger partial charge on any atom is 0.246 e. The van der Waals surface area contributed by atoms with Crippen molar-refractivity contribution >= 4 is 5.91 Å². The first-order valence-corrected chi connectivity index (χ1v) is 6.87. The predicted molar refractivity (Wildman–Crippen MR) is 80.4 cm³/mol. The minimum absolute atomic E-state index is 0.0759. The van der Waals surface area contributed by atoms with Crippen molar-refractivity contribution in [2.24, 2.45) is 0 Å². The molecule has 0 aliphatic rings. The van der Waals surface area contributed by atoms with E-state index in [1.165, 1.54) is 5.56 Å². The molecule has 1 aromatic heterocycles. The lowest BCUT2D eigenvalue weighted by atomic mass is 10.1. The van der Waals surface area contributed by atoms with Gasteiger partial charge >= 0.3 is 0 Å². The molecule has 0 bridgehead atoms. The summed E-state index contributed by atoms with van der Waals surface area (Å²) in [6, 6.07) is 9.87. The van der Waals surface area contributed by atoms with Crippen molar-refractivity contribution in [1.82, 2.24) is 14.7 Å². The zero-order chi connectivity index (χ0) is 14.7. The molecule has 4 nitrogen and oxygen atoms in total. The number of nitrogens with zero attached hydrogens (tertiary/aromatic N) is 3. The summed E-state index contributed by atoms with van der Waals surface area (Å²) >= 11 is 0. The largest absolute Gasteiger partial charge is 0.347 e. The Morgan fingerprint density at radius 1 is 1.30 bits per heavy atom. The van der Waals surface area contributed by atoms with Crippen LogP contribution < -0.4 is 0 Å². The number of benzene rings is 1. The van der Waals surface area contributed by atoms with E-state index in [4.69, 9.17) is 0 Å². The van der Waals surface area contributed by atoms with Crippen LogP contribution in [0.5, 0.6) is 0 Å². The molecular formula is C16H21N3O. The number of amides is 1. The standard InChI is InChI=1S/C16H21N3O/c1-5-15(16(20)18(3)4)19-11-10-14(17-19)13-9-7-6-8-12(13)2/h6-11,15H,5H2,1-4H3. The highest BCUT2D eigenvalue weighted by atomic mass is 16.2. The Bertz CT molecular complexity index is 601. The highest BCUT2D eigenvalue weighted by Gasteiger charge is 2.21. The lowest BCUT2D eigenvalue weighted by molar-refractivity contribution is -0.132. The van der Waals surface area contributed by atoms with Crippen molar-refractivity contribution in [3.8, 4) is 11.3 Å². The fraction of sp³-hybridized carbons (Fsp3) is 0.375. The second-order valence-corrected chi connectivity index (χ2v) is 5.15. The number of likely N-dealkylation sites (N-methyl/N-ethyl adjacent to an activating group) is 1. The van der Waals surface area contributed by atoms with Gasteiger partial charge in [0.25, 0.3) is 0 Å². The van der Waals surface area contributed by atoms with Crippen LogP contribution in [0.3, 0.4) is 0 Å². The summed E-state index contributed by atoms with van der Waals surface area (Å²) < 4.78 is 1.77. The predicted octanol–water partition coefficient (Wildman–Crippen LogP) is 2.90. The van der Waals surface area contributed by atoms with E-state index in [0.29, 0.717) is 0 Å². The monoisotopic (exact) mass is 271 g/mol. The van der Waals surface area contributed by atoms with Gasteiger partial charge in [-0.1, -0.05) is 31.2 Å². The van der Waals surface area contributed by atoms with Gasteiger partial charge in [0.1, 0.15) is 6.04 Å². The van der Waals surface area contributed by atoms with Gasteiger partial charge in [-0.15, -0.1) is 0 Å². The molecule has 0 aliphatic heterocycles. The van der Waals surface area contributed by atoms with Crippen molar-refractivity contribution < 1.29 is 4.79 Å². The third-order valence-electron chi connectivity index (χ3n) is 3.46. The van der Waals surface area contributed by atoms with E-state index in [0.717, 1.165) is 17.7 Å². The first-order chi connectivity index (χ1) is 9.54. The summed E-state index contributed by atoms with van der Waals surface area (Å²) in [5.41, 5.74) is 3.20. The summed E-state index contributed by atoms with van der Waals surface area (Å²) in [5, 5.41) is 4.59. The summed E-state index contributed by atoms with van der Waals surface area (Å²) in [7, 11) is 3.55. The zero-order valence-electron chi connectivity index (χ0n) is 12.5. The average Bonchev–Trinajstić information content (AvgIpc) is 2.89. The molecule has 2 rings (SSSR count). The maximum absolute atomic E-state index is 12.2. The number of rotatable bonds is 4. The van der Waals surface area contributed by atoms with E-state index in [9.17, 15) is 4.79 Å². The lowest BCUT2D eigenvalue weighted by Crippen LogP contribution is -2.31. The first-order valence-electron chi connectivity index (χ1n) is 6.87. The van der Waals surface area contributed by atoms with Crippen LogP contribution in [0.4, 0.5) is 0 Å². The smallest absolute Gasteiger partial charge is 0.246 e. The molecule has 106 valence electrons. The molecule has 0 radical (unpaired) electrons. The molecule has 0 fully saturated rings. The van der Waals surface area contributed by atoms with Gasteiger partial charge in [-0.2, -0.15) is 5.10 Å². The van der Waals surface area contributed by atoms with Crippen molar-refractivity contribution in [2.45, 2.75) is 26.3 Å². The average molecular weight is 271 g/mol. The molecule has 20 heavy (non-hydrogen) atoms. The molecule has 1 amide bonds. The minimum Gasteiger partial charge on any atom is -0.347 e. The summed E-state index contributed by atoms with van der Waals surface area (Å²) in [6.45, 7) is 4.07. The topological polar surface area (TPSA) is 38.1 Å². The molecule has 1 aromatic carbocycles. The number of carbonyl (C=O) groups is 1. The molecule has 0 N–H and O–H groups in total. The number of hydrogen-bond acceptors (Lipinski definition) is 2. The van der Waals surface area contributed by atoms with Crippen molar-refractivity contribution in [3.63, 3.8) is 0 Å². The molecule has 2 aromatic rings. The molecule has 1 atom stereocenters. The van der Waals surface area contributed by atoms with Gasteiger partial charge in [0.05, 0.1) is 5.69 Å². The van der Waals surface area contributed by atoms with Crippen LogP contribution in [0.15, 0.2) is 36.5 Å². The lowest BCUT2D eigenvalue weighted by Gasteiger charge is -2.19. The number of aromatic nitrogens is 2. The van der Waals surface area contributed by atoms with Gasteiger partial charge < -0.3 is 4.90 Å². The quantitative estimate of drug-likeness (QED) is 0.857. The van der Waals surface area contributed by atoms with Crippen LogP contribution in [0.1, 0.15) is 24.9 Å². The SMILES string of the molecule is CCC(C(=O)N(C)C)n1ccc(-c2ccccc2C)n1. The summed E-state index contributed by atoms with van der Waals surface area (Å²) in [4.78, 5) is 13.8. The van der Waals surface area contributed by atoms with E-state index in [1.54, 1.807) is 23.7 Å². The Kier molecular flexibility index (Phi) is 4.23. The summed E-state index contributed by atoms with van der Waals surface area (Å²) in [6.07, 6.45) is 2.61. The molecule has 0 spiro atoms. The third-order valence-corrected chi connectivity index (χ3v) is 3.46. The van der Waals surface area contributed by atoms with Gasteiger partial charge in [0.2, 0.25) is 5.91 Å². The molecule has 4 heteroatoms. The van der Waals surface area contributed by atoms with Gasteiger partial charge in [-0.3, -0.25) is 9.48 Å². The van der Waals surface area contributed by atoms with Crippen LogP contribution in [-0.4, -0.2) is 34.7 Å². The minimum atomic E-state index is -0.234. The Morgan fingerprint density at radius 2 is 2.00 bits per heavy atom. The molecule has 0 saturated carbocycles. The number of aryl methyl sites for hydroxylation is 1. The Labute approximate surface area is 120 Å². The molecular weight excluding hydrogens is 250 g/mol. The molecule has 1 unspecified atom stereocenters. The van der Waals surface area contributed by atoms with E-state index >= 15 is 0 Å².